The van der Waals surface area contributed by atoms with E-state index < -0.39 is 0 Å². The van der Waals surface area contributed by atoms with Crippen molar-refractivity contribution in [1.82, 2.24) is 10.3 Å². The van der Waals surface area contributed by atoms with E-state index in [4.69, 9.17) is 0 Å². The second-order valence-corrected chi connectivity index (χ2v) is 3.58. The zero-order chi connectivity index (χ0) is 9.97. The first-order chi connectivity index (χ1) is 6.81. The van der Waals surface area contributed by atoms with Gasteiger partial charge in [0.25, 0.3) is 0 Å². The molecule has 0 atom stereocenters. The minimum Gasteiger partial charge on any atom is -0.365 e. The molecule has 4 heteroatoms. The van der Waals surface area contributed by atoms with Crippen molar-refractivity contribution < 1.29 is 4.39 Å². The molecule has 0 bridgehead atoms. The van der Waals surface area contributed by atoms with Gasteiger partial charge in [0.05, 0.1) is 0 Å². The molecule has 76 valence electrons. The molecular weight excluding hydrogens is 181 g/mol. The van der Waals surface area contributed by atoms with Crippen LogP contribution in [0, 0.1) is 5.82 Å². The van der Waals surface area contributed by atoms with Crippen LogP contribution >= 0.6 is 0 Å². The van der Waals surface area contributed by atoms with Crippen molar-refractivity contribution in [2.24, 2.45) is 0 Å². The summed E-state index contributed by atoms with van der Waals surface area (Å²) in [5.41, 5.74) is 0.658. The number of anilines is 1. The van der Waals surface area contributed by atoms with Crippen molar-refractivity contribution in [3.05, 3.63) is 23.6 Å². The zero-order valence-corrected chi connectivity index (χ0v) is 8.18. The molecule has 1 aliphatic carbocycles. The Labute approximate surface area is 82.7 Å². The molecule has 0 radical (unpaired) electrons. The molecule has 1 aromatic rings. The monoisotopic (exact) mass is 195 g/mol. The second-order valence-electron chi connectivity index (χ2n) is 3.58. The lowest BCUT2D eigenvalue weighted by Crippen LogP contribution is -2.11. The Morgan fingerprint density at radius 2 is 2.36 bits per heavy atom. The average Bonchev–Trinajstić information content (AvgIpc) is 2.96. The predicted octanol–water partition coefficient (Wildman–Crippen LogP) is 1.51. The lowest BCUT2D eigenvalue weighted by atomic mass is 10.2. The van der Waals surface area contributed by atoms with Crippen LogP contribution in [0.15, 0.2) is 12.3 Å². The van der Waals surface area contributed by atoms with Gasteiger partial charge in [-0.15, -0.1) is 0 Å². The van der Waals surface area contributed by atoms with E-state index in [1.54, 1.807) is 19.3 Å². The van der Waals surface area contributed by atoms with Gasteiger partial charge in [-0.1, -0.05) is 0 Å². The highest BCUT2D eigenvalue weighted by molar-refractivity contribution is 5.41. The summed E-state index contributed by atoms with van der Waals surface area (Å²) in [5.74, 6) is 0.161. The fourth-order valence-electron chi connectivity index (χ4n) is 1.33. The molecule has 14 heavy (non-hydrogen) atoms. The Hall–Kier alpha value is -1.16. The molecule has 1 aromatic heterocycles. The Balaban J connectivity index is 2.16. The normalized spacial score (nSPS) is 15.6. The van der Waals surface area contributed by atoms with Crippen molar-refractivity contribution in [1.29, 1.82) is 0 Å². The summed E-state index contributed by atoms with van der Waals surface area (Å²) in [4.78, 5) is 3.99. The van der Waals surface area contributed by atoms with Gasteiger partial charge in [-0.25, -0.2) is 9.37 Å². The number of hydrogen-bond donors (Lipinski definition) is 2. The van der Waals surface area contributed by atoms with Gasteiger partial charge in [0.1, 0.15) is 0 Å². The molecule has 2 rings (SSSR count). The van der Waals surface area contributed by atoms with Crippen LogP contribution in [0.1, 0.15) is 18.4 Å². The van der Waals surface area contributed by atoms with Crippen LogP contribution in [0.2, 0.25) is 0 Å². The molecule has 0 aromatic carbocycles. The summed E-state index contributed by atoms with van der Waals surface area (Å²) >= 11 is 0. The van der Waals surface area contributed by atoms with E-state index in [9.17, 15) is 4.39 Å². The fraction of sp³-hybridized carbons (Fsp3) is 0.500. The van der Waals surface area contributed by atoms with E-state index in [-0.39, 0.29) is 5.82 Å². The van der Waals surface area contributed by atoms with Crippen molar-refractivity contribution in [2.45, 2.75) is 25.4 Å². The Kier molecular flexibility index (Phi) is 2.63. The predicted molar refractivity (Wildman–Crippen MR) is 53.6 cm³/mol. The molecule has 0 spiro atoms. The summed E-state index contributed by atoms with van der Waals surface area (Å²) in [6, 6.07) is 2.13. The van der Waals surface area contributed by atoms with Crippen molar-refractivity contribution in [3.63, 3.8) is 0 Å². The van der Waals surface area contributed by atoms with Crippen LogP contribution in [0.5, 0.6) is 0 Å². The van der Waals surface area contributed by atoms with Gasteiger partial charge in [-0.05, 0) is 26.0 Å². The largest absolute Gasteiger partial charge is 0.365 e. The Morgan fingerprint density at radius 1 is 1.57 bits per heavy atom. The molecule has 0 amide bonds. The van der Waals surface area contributed by atoms with Gasteiger partial charge < -0.3 is 10.6 Å². The summed E-state index contributed by atoms with van der Waals surface area (Å²) < 4.78 is 13.7. The summed E-state index contributed by atoms with van der Waals surface area (Å²) in [5, 5.41) is 5.99. The number of halogens is 1. The van der Waals surface area contributed by atoms with E-state index in [0.717, 1.165) is 12.8 Å². The van der Waals surface area contributed by atoms with Gasteiger partial charge in [0.2, 0.25) is 0 Å². The first-order valence-corrected chi connectivity index (χ1v) is 4.86. The van der Waals surface area contributed by atoms with Gasteiger partial charge in [0, 0.05) is 24.3 Å². The highest BCUT2D eigenvalue weighted by atomic mass is 19.1. The van der Waals surface area contributed by atoms with E-state index in [1.807, 2.05) is 0 Å². The smallest absolute Gasteiger partial charge is 0.169 e. The van der Waals surface area contributed by atoms with Crippen LogP contribution in [0.3, 0.4) is 0 Å². The van der Waals surface area contributed by atoms with Gasteiger partial charge in [-0.2, -0.15) is 0 Å². The Bertz CT molecular complexity index is 323. The molecular formula is C10H14FN3. The minimum absolute atomic E-state index is 0.228. The standard InChI is InChI=1S/C10H14FN3/c1-12-6-7-4-5-13-10(9(7)11)14-8-2-3-8/h4-5,8,12H,2-3,6H2,1H3,(H,13,14). The maximum atomic E-state index is 13.7. The number of rotatable bonds is 4. The number of nitrogens with one attached hydrogen (secondary N) is 2. The van der Waals surface area contributed by atoms with E-state index in [0.29, 0.717) is 24.0 Å². The summed E-state index contributed by atoms with van der Waals surface area (Å²) in [6.07, 6.45) is 3.88. The lowest BCUT2D eigenvalue weighted by Gasteiger charge is -2.08. The maximum absolute atomic E-state index is 13.7. The molecule has 1 saturated carbocycles. The molecule has 1 fully saturated rings. The third-order valence-electron chi connectivity index (χ3n) is 2.25. The molecule has 0 unspecified atom stereocenters. The van der Waals surface area contributed by atoms with E-state index >= 15 is 0 Å². The fourth-order valence-corrected chi connectivity index (χ4v) is 1.33. The van der Waals surface area contributed by atoms with Crippen LogP contribution in [-0.2, 0) is 6.54 Å². The van der Waals surface area contributed by atoms with Crippen molar-refractivity contribution in [3.8, 4) is 0 Å². The number of nitrogens with zero attached hydrogens (tertiary/aromatic N) is 1. The quantitative estimate of drug-likeness (QED) is 0.764. The number of pyridine rings is 1. The summed E-state index contributed by atoms with van der Waals surface area (Å²) in [6.45, 7) is 0.535. The molecule has 1 aliphatic rings. The van der Waals surface area contributed by atoms with Crippen LogP contribution in [0.4, 0.5) is 10.2 Å². The molecule has 2 N–H and O–H groups in total. The van der Waals surface area contributed by atoms with Crippen molar-refractivity contribution >= 4 is 5.82 Å². The molecule has 1 heterocycles. The maximum Gasteiger partial charge on any atom is 0.169 e. The van der Waals surface area contributed by atoms with Crippen LogP contribution in [-0.4, -0.2) is 18.1 Å². The highest BCUT2D eigenvalue weighted by Gasteiger charge is 2.23. The SMILES string of the molecule is CNCc1ccnc(NC2CC2)c1F. The number of hydrogen-bond acceptors (Lipinski definition) is 3. The lowest BCUT2D eigenvalue weighted by molar-refractivity contribution is 0.597. The first-order valence-electron chi connectivity index (χ1n) is 4.86. The molecule has 3 nitrogen and oxygen atoms in total. The third kappa shape index (κ3) is 2.01. The molecule has 0 aliphatic heterocycles. The summed E-state index contributed by atoms with van der Waals surface area (Å²) in [7, 11) is 1.80. The third-order valence-corrected chi connectivity index (χ3v) is 2.25. The number of aromatic nitrogens is 1. The van der Waals surface area contributed by atoms with Gasteiger partial charge in [0.15, 0.2) is 11.6 Å². The van der Waals surface area contributed by atoms with Crippen LogP contribution < -0.4 is 10.6 Å². The zero-order valence-electron chi connectivity index (χ0n) is 8.18. The highest BCUT2D eigenvalue weighted by Crippen LogP contribution is 2.25. The Morgan fingerprint density at radius 3 is 3.00 bits per heavy atom. The second kappa shape index (κ2) is 3.92. The van der Waals surface area contributed by atoms with Gasteiger partial charge in [-0.3, -0.25) is 0 Å². The van der Waals surface area contributed by atoms with Crippen LogP contribution in [0.25, 0.3) is 0 Å². The van der Waals surface area contributed by atoms with Gasteiger partial charge >= 0.3 is 0 Å². The average molecular weight is 195 g/mol. The topological polar surface area (TPSA) is 37.0 Å². The first kappa shape index (κ1) is 9.40. The minimum atomic E-state index is -0.228. The van der Waals surface area contributed by atoms with E-state index in [1.165, 1.54) is 0 Å². The van der Waals surface area contributed by atoms with Crippen molar-refractivity contribution in [2.75, 3.05) is 12.4 Å². The molecule has 0 saturated heterocycles. The van der Waals surface area contributed by atoms with E-state index in [2.05, 4.69) is 15.6 Å².